The van der Waals surface area contributed by atoms with Gasteiger partial charge in [-0.1, -0.05) is 23.5 Å². The van der Waals surface area contributed by atoms with E-state index in [1.807, 2.05) is 6.07 Å². The van der Waals surface area contributed by atoms with Gasteiger partial charge in [0.25, 0.3) is 5.91 Å². The van der Waals surface area contributed by atoms with Crippen LogP contribution < -0.4 is 15.4 Å². The number of nitrogens with one attached hydrogen (secondary N) is 2. The third-order valence-electron chi connectivity index (χ3n) is 6.78. The molecule has 1 aliphatic heterocycles. The maximum absolute atomic E-state index is 13.7. The van der Waals surface area contributed by atoms with Crippen LogP contribution in [0.3, 0.4) is 0 Å². The fourth-order valence-electron chi connectivity index (χ4n) is 4.76. The number of aromatic nitrogens is 3. The number of carbonyl (C=O) groups excluding carboxylic acids is 1. The van der Waals surface area contributed by atoms with Crippen molar-refractivity contribution < 1.29 is 22.7 Å². The molecule has 0 spiro atoms. The van der Waals surface area contributed by atoms with E-state index in [-0.39, 0.29) is 18.5 Å². The van der Waals surface area contributed by atoms with E-state index in [1.165, 1.54) is 11.7 Å². The standard InChI is InChI=1S/C27H29F3N6O2S/c1-35-11-9-18(10-12-35)32-21-7-4-8-22-20(21)14-23(36(22)16-27(28,29)30)26-34-33-24(39-26)15-31-25(37)17-5-3-6-19(13-17)38-2/h3-8,13-14,18,32H,9-12,15-16H2,1-2H3,(H,31,37). The van der Waals surface area contributed by atoms with Crippen molar-refractivity contribution in [1.29, 1.82) is 0 Å². The fourth-order valence-corrected chi connectivity index (χ4v) is 5.57. The number of rotatable bonds is 8. The normalized spacial score (nSPS) is 15.0. The minimum atomic E-state index is -4.42. The molecule has 4 aromatic rings. The van der Waals surface area contributed by atoms with E-state index in [4.69, 9.17) is 4.74 Å². The molecule has 1 aliphatic rings. The fraction of sp³-hybridized carbons (Fsp3) is 0.370. The van der Waals surface area contributed by atoms with Crippen LogP contribution in [0.1, 0.15) is 28.2 Å². The molecule has 5 rings (SSSR count). The molecule has 0 saturated carbocycles. The first-order chi connectivity index (χ1) is 18.7. The Bertz CT molecular complexity index is 1460. The van der Waals surface area contributed by atoms with E-state index in [0.29, 0.717) is 37.9 Å². The van der Waals surface area contributed by atoms with E-state index in [1.54, 1.807) is 42.5 Å². The molecule has 0 radical (unpaired) electrons. The SMILES string of the molecule is COc1cccc(C(=O)NCc2nnc(-c3cc4c(NC5CCN(C)CC5)cccc4n3CC(F)(F)F)s2)c1. The van der Waals surface area contributed by atoms with E-state index in [2.05, 4.69) is 32.8 Å². The van der Waals surface area contributed by atoms with Crippen molar-refractivity contribution >= 4 is 33.8 Å². The van der Waals surface area contributed by atoms with Gasteiger partial charge in [-0.25, -0.2) is 0 Å². The number of alkyl halides is 3. The molecule has 1 saturated heterocycles. The number of ether oxygens (including phenoxy) is 1. The third-order valence-corrected chi connectivity index (χ3v) is 7.73. The summed E-state index contributed by atoms with van der Waals surface area (Å²) < 4.78 is 47.4. The first-order valence-corrected chi connectivity index (χ1v) is 13.4. The highest BCUT2D eigenvalue weighted by molar-refractivity contribution is 7.14. The van der Waals surface area contributed by atoms with Crippen LogP contribution in [0.15, 0.2) is 48.5 Å². The topological polar surface area (TPSA) is 84.3 Å². The van der Waals surface area contributed by atoms with Crippen LogP contribution >= 0.6 is 11.3 Å². The zero-order valence-electron chi connectivity index (χ0n) is 21.6. The van der Waals surface area contributed by atoms with E-state index >= 15 is 0 Å². The van der Waals surface area contributed by atoms with Gasteiger partial charge < -0.3 is 24.8 Å². The van der Waals surface area contributed by atoms with Crippen molar-refractivity contribution in [2.75, 3.05) is 32.6 Å². The molecule has 12 heteroatoms. The van der Waals surface area contributed by atoms with Crippen LogP contribution in [0.4, 0.5) is 18.9 Å². The van der Waals surface area contributed by atoms with Gasteiger partial charge in [-0.15, -0.1) is 10.2 Å². The summed E-state index contributed by atoms with van der Waals surface area (Å²) in [5.41, 5.74) is 2.04. The van der Waals surface area contributed by atoms with Crippen LogP contribution in [0, 0.1) is 0 Å². The first-order valence-electron chi connectivity index (χ1n) is 12.6. The highest BCUT2D eigenvalue weighted by atomic mass is 32.1. The Morgan fingerprint density at radius 2 is 1.90 bits per heavy atom. The minimum absolute atomic E-state index is 0.0934. The van der Waals surface area contributed by atoms with Crippen LogP contribution in [0.25, 0.3) is 21.6 Å². The Morgan fingerprint density at radius 1 is 1.13 bits per heavy atom. The molecule has 2 N–H and O–H groups in total. The molecule has 0 bridgehead atoms. The van der Waals surface area contributed by atoms with Gasteiger partial charge in [0, 0.05) is 22.7 Å². The maximum atomic E-state index is 13.7. The van der Waals surface area contributed by atoms with Crippen LogP contribution in [-0.2, 0) is 13.1 Å². The van der Waals surface area contributed by atoms with Gasteiger partial charge in [0.2, 0.25) is 0 Å². The maximum Gasteiger partial charge on any atom is 0.406 e. The van der Waals surface area contributed by atoms with E-state index < -0.39 is 12.7 Å². The highest BCUT2D eigenvalue weighted by Crippen LogP contribution is 2.36. The third kappa shape index (κ3) is 6.34. The van der Waals surface area contributed by atoms with Gasteiger partial charge in [0.15, 0.2) is 5.01 Å². The van der Waals surface area contributed by atoms with Crippen molar-refractivity contribution in [1.82, 2.24) is 25.0 Å². The number of nitrogens with zero attached hydrogens (tertiary/aromatic N) is 4. The molecule has 0 aliphatic carbocycles. The number of hydrogen-bond donors (Lipinski definition) is 2. The lowest BCUT2D eigenvalue weighted by molar-refractivity contribution is -0.139. The summed E-state index contributed by atoms with van der Waals surface area (Å²) in [7, 11) is 3.60. The summed E-state index contributed by atoms with van der Waals surface area (Å²) in [5, 5.41) is 16.2. The molecule has 2 aromatic carbocycles. The summed E-state index contributed by atoms with van der Waals surface area (Å²) >= 11 is 1.15. The van der Waals surface area contributed by atoms with Crippen LogP contribution in [-0.4, -0.2) is 65.0 Å². The number of benzene rings is 2. The molecular weight excluding hydrogens is 529 g/mol. The Labute approximate surface area is 227 Å². The van der Waals surface area contributed by atoms with Crippen molar-refractivity contribution in [2.24, 2.45) is 0 Å². The molecule has 0 unspecified atom stereocenters. The number of methoxy groups -OCH3 is 1. The number of amides is 1. The average Bonchev–Trinajstić information content (AvgIpc) is 3.53. The second-order valence-electron chi connectivity index (χ2n) is 9.61. The Balaban J connectivity index is 1.40. The number of fused-ring (bicyclic) bond motifs is 1. The molecular formula is C27H29F3N6O2S. The first kappa shape index (κ1) is 26.9. The summed E-state index contributed by atoms with van der Waals surface area (Å²) in [6, 6.07) is 14.1. The van der Waals surface area contributed by atoms with Gasteiger partial charge in [-0.2, -0.15) is 13.2 Å². The molecule has 8 nitrogen and oxygen atoms in total. The molecule has 1 fully saturated rings. The molecule has 1 amide bonds. The Hall–Kier alpha value is -3.64. The number of hydrogen-bond acceptors (Lipinski definition) is 7. The monoisotopic (exact) mass is 558 g/mol. The Kier molecular flexibility index (Phi) is 7.76. The smallest absolute Gasteiger partial charge is 0.406 e. The highest BCUT2D eigenvalue weighted by Gasteiger charge is 2.31. The van der Waals surface area contributed by atoms with E-state index in [0.717, 1.165) is 43.0 Å². The second-order valence-corrected chi connectivity index (χ2v) is 10.7. The zero-order chi connectivity index (χ0) is 27.6. The summed E-state index contributed by atoms with van der Waals surface area (Å²) in [4.78, 5) is 14.8. The predicted octanol–water partition coefficient (Wildman–Crippen LogP) is 5.17. The van der Waals surface area contributed by atoms with Gasteiger partial charge in [-0.3, -0.25) is 4.79 Å². The number of likely N-dealkylation sites (tertiary alicyclic amines) is 1. The van der Waals surface area contributed by atoms with Gasteiger partial charge in [0.1, 0.15) is 17.3 Å². The van der Waals surface area contributed by atoms with Crippen molar-refractivity contribution in [3.8, 4) is 16.5 Å². The lowest BCUT2D eigenvalue weighted by Crippen LogP contribution is -2.36. The van der Waals surface area contributed by atoms with Gasteiger partial charge >= 0.3 is 6.18 Å². The van der Waals surface area contributed by atoms with Crippen molar-refractivity contribution in [3.05, 3.63) is 59.1 Å². The number of halogens is 3. The minimum Gasteiger partial charge on any atom is -0.497 e. The average molecular weight is 559 g/mol. The second kappa shape index (κ2) is 11.2. The number of carbonyl (C=O) groups is 1. The van der Waals surface area contributed by atoms with Crippen molar-refractivity contribution in [3.63, 3.8) is 0 Å². The molecule has 39 heavy (non-hydrogen) atoms. The summed E-state index contributed by atoms with van der Waals surface area (Å²) in [5.74, 6) is 0.240. The molecule has 3 heterocycles. The zero-order valence-corrected chi connectivity index (χ0v) is 22.4. The van der Waals surface area contributed by atoms with Crippen LogP contribution in [0.2, 0.25) is 0 Å². The lowest BCUT2D eigenvalue weighted by Gasteiger charge is -2.30. The van der Waals surface area contributed by atoms with E-state index in [9.17, 15) is 18.0 Å². The summed E-state index contributed by atoms with van der Waals surface area (Å²) in [6.45, 7) is 0.882. The lowest BCUT2D eigenvalue weighted by atomic mass is 10.0. The van der Waals surface area contributed by atoms with Crippen molar-refractivity contribution in [2.45, 2.75) is 38.1 Å². The Morgan fingerprint density at radius 3 is 2.64 bits per heavy atom. The van der Waals surface area contributed by atoms with Gasteiger partial charge in [0.05, 0.1) is 24.9 Å². The molecule has 2 aromatic heterocycles. The number of anilines is 1. The largest absolute Gasteiger partial charge is 0.497 e. The summed E-state index contributed by atoms with van der Waals surface area (Å²) in [6.07, 6.45) is -2.50. The molecule has 0 atom stereocenters. The molecule has 206 valence electrons. The quantitative estimate of drug-likeness (QED) is 0.311. The number of piperidine rings is 1. The van der Waals surface area contributed by atoms with Gasteiger partial charge in [-0.05, 0) is 69.4 Å². The predicted molar refractivity (Wildman–Crippen MR) is 145 cm³/mol. The van der Waals surface area contributed by atoms with Crippen LogP contribution in [0.5, 0.6) is 5.75 Å².